The smallest absolute Gasteiger partial charge is 0.231 e. The number of benzene rings is 1. The molecule has 1 atom stereocenters. The van der Waals surface area contributed by atoms with E-state index >= 15 is 0 Å². The first-order valence-electron chi connectivity index (χ1n) is 8.91. The quantitative estimate of drug-likeness (QED) is 0.604. The molecule has 1 aromatic rings. The SMILES string of the molecule is CN=C(NCc1ccc2c(c1)OCO2)NCC(C)N1CCN(C)CC1. The van der Waals surface area contributed by atoms with Crippen LogP contribution in [-0.2, 0) is 6.54 Å². The molecule has 138 valence electrons. The van der Waals surface area contributed by atoms with Crippen LogP contribution < -0.4 is 20.1 Å². The van der Waals surface area contributed by atoms with Gasteiger partial charge in [0.1, 0.15) is 0 Å². The Morgan fingerprint density at radius 1 is 1.16 bits per heavy atom. The van der Waals surface area contributed by atoms with Gasteiger partial charge in [0.05, 0.1) is 0 Å². The molecule has 0 spiro atoms. The van der Waals surface area contributed by atoms with Crippen LogP contribution in [-0.4, -0.2) is 75.4 Å². The summed E-state index contributed by atoms with van der Waals surface area (Å²) in [5.41, 5.74) is 1.14. The number of nitrogens with zero attached hydrogens (tertiary/aromatic N) is 3. The number of hydrogen-bond acceptors (Lipinski definition) is 5. The third kappa shape index (κ3) is 4.76. The largest absolute Gasteiger partial charge is 0.454 e. The van der Waals surface area contributed by atoms with Crippen molar-refractivity contribution in [2.75, 3.05) is 53.6 Å². The van der Waals surface area contributed by atoms with Gasteiger partial charge in [0.2, 0.25) is 6.79 Å². The lowest BCUT2D eigenvalue weighted by molar-refractivity contribution is 0.120. The zero-order valence-electron chi connectivity index (χ0n) is 15.4. The van der Waals surface area contributed by atoms with Crippen molar-refractivity contribution in [2.24, 2.45) is 4.99 Å². The van der Waals surface area contributed by atoms with E-state index in [1.165, 1.54) is 0 Å². The number of nitrogens with one attached hydrogen (secondary N) is 2. The number of piperazine rings is 1. The van der Waals surface area contributed by atoms with Crippen molar-refractivity contribution in [3.05, 3.63) is 23.8 Å². The molecule has 2 heterocycles. The molecule has 1 fully saturated rings. The average molecular weight is 347 g/mol. The molecule has 7 nitrogen and oxygen atoms in total. The van der Waals surface area contributed by atoms with Gasteiger partial charge in [-0.05, 0) is 31.7 Å². The Hall–Kier alpha value is -1.99. The molecule has 1 saturated heterocycles. The topological polar surface area (TPSA) is 61.4 Å². The van der Waals surface area contributed by atoms with Crippen molar-refractivity contribution in [3.63, 3.8) is 0 Å². The molecule has 0 aliphatic carbocycles. The Bertz CT molecular complexity index is 599. The second kappa shape index (κ2) is 8.40. The Labute approximate surface area is 150 Å². The van der Waals surface area contributed by atoms with Crippen LogP contribution in [0.2, 0.25) is 0 Å². The highest BCUT2D eigenvalue weighted by molar-refractivity contribution is 5.79. The minimum absolute atomic E-state index is 0.305. The third-order valence-corrected chi connectivity index (χ3v) is 4.85. The molecule has 3 rings (SSSR count). The molecule has 0 amide bonds. The van der Waals surface area contributed by atoms with Gasteiger partial charge in [-0.25, -0.2) is 0 Å². The van der Waals surface area contributed by atoms with Gasteiger partial charge in [-0.3, -0.25) is 9.89 Å². The monoisotopic (exact) mass is 347 g/mol. The van der Waals surface area contributed by atoms with E-state index in [-0.39, 0.29) is 0 Å². The minimum Gasteiger partial charge on any atom is -0.454 e. The number of likely N-dealkylation sites (N-methyl/N-ethyl adjacent to an activating group) is 1. The van der Waals surface area contributed by atoms with Gasteiger partial charge in [-0.1, -0.05) is 6.07 Å². The predicted octanol–water partition coefficient (Wildman–Crippen LogP) is 0.716. The van der Waals surface area contributed by atoms with E-state index in [2.05, 4.69) is 39.4 Å². The summed E-state index contributed by atoms with van der Waals surface area (Å²) in [6.07, 6.45) is 0. The molecule has 1 unspecified atom stereocenters. The molecule has 0 saturated carbocycles. The average Bonchev–Trinajstić information content (AvgIpc) is 3.10. The van der Waals surface area contributed by atoms with E-state index in [4.69, 9.17) is 9.47 Å². The maximum atomic E-state index is 5.42. The van der Waals surface area contributed by atoms with E-state index in [1.807, 2.05) is 18.2 Å². The van der Waals surface area contributed by atoms with Crippen LogP contribution >= 0.6 is 0 Å². The van der Waals surface area contributed by atoms with Crippen LogP contribution in [0.4, 0.5) is 0 Å². The lowest BCUT2D eigenvalue weighted by Crippen LogP contribution is -2.52. The number of fused-ring (bicyclic) bond motifs is 1. The fourth-order valence-electron chi connectivity index (χ4n) is 3.09. The summed E-state index contributed by atoms with van der Waals surface area (Å²) in [4.78, 5) is 9.22. The second-order valence-electron chi connectivity index (χ2n) is 6.68. The fraction of sp³-hybridized carbons (Fsp3) is 0.611. The Morgan fingerprint density at radius 3 is 2.68 bits per heavy atom. The first kappa shape index (κ1) is 17.8. The summed E-state index contributed by atoms with van der Waals surface area (Å²) in [6.45, 7) is 8.68. The van der Waals surface area contributed by atoms with E-state index in [0.717, 1.165) is 55.7 Å². The molecule has 0 radical (unpaired) electrons. The number of hydrogen-bond donors (Lipinski definition) is 2. The number of ether oxygens (including phenoxy) is 2. The van der Waals surface area contributed by atoms with Crippen LogP contribution in [0.5, 0.6) is 11.5 Å². The third-order valence-electron chi connectivity index (χ3n) is 4.85. The molecular formula is C18H29N5O2. The van der Waals surface area contributed by atoms with Gasteiger partial charge in [-0.2, -0.15) is 0 Å². The van der Waals surface area contributed by atoms with Crippen molar-refractivity contribution >= 4 is 5.96 Å². The molecule has 1 aromatic carbocycles. The summed E-state index contributed by atoms with van der Waals surface area (Å²) in [6, 6.07) is 6.49. The second-order valence-corrected chi connectivity index (χ2v) is 6.68. The van der Waals surface area contributed by atoms with Gasteiger partial charge in [-0.15, -0.1) is 0 Å². The summed E-state index contributed by atoms with van der Waals surface area (Å²) < 4.78 is 10.8. The van der Waals surface area contributed by atoms with E-state index in [9.17, 15) is 0 Å². The maximum Gasteiger partial charge on any atom is 0.231 e. The van der Waals surface area contributed by atoms with Crippen molar-refractivity contribution in [2.45, 2.75) is 19.5 Å². The van der Waals surface area contributed by atoms with E-state index in [1.54, 1.807) is 7.05 Å². The minimum atomic E-state index is 0.305. The highest BCUT2D eigenvalue weighted by atomic mass is 16.7. The summed E-state index contributed by atoms with van der Waals surface area (Å²) in [5.74, 6) is 2.44. The van der Waals surface area contributed by atoms with Crippen molar-refractivity contribution in [1.82, 2.24) is 20.4 Å². The maximum absolute atomic E-state index is 5.42. The molecule has 2 aliphatic rings. The zero-order chi connectivity index (χ0) is 17.6. The van der Waals surface area contributed by atoms with E-state index in [0.29, 0.717) is 19.4 Å². The van der Waals surface area contributed by atoms with Gasteiger partial charge in [0.15, 0.2) is 17.5 Å². The van der Waals surface area contributed by atoms with Gasteiger partial charge in [0.25, 0.3) is 0 Å². The lowest BCUT2D eigenvalue weighted by atomic mass is 10.2. The van der Waals surface area contributed by atoms with Gasteiger partial charge < -0.3 is 25.0 Å². The highest BCUT2D eigenvalue weighted by Gasteiger charge is 2.19. The first-order chi connectivity index (χ1) is 12.2. The number of aliphatic imine (C=N–C) groups is 1. The number of guanidine groups is 1. The Balaban J connectivity index is 1.43. The van der Waals surface area contributed by atoms with Crippen LogP contribution in [0.1, 0.15) is 12.5 Å². The predicted molar refractivity (Wildman–Crippen MR) is 99.3 cm³/mol. The summed E-state index contributed by atoms with van der Waals surface area (Å²) in [7, 11) is 3.98. The molecule has 2 N–H and O–H groups in total. The molecule has 0 bridgehead atoms. The van der Waals surface area contributed by atoms with Crippen molar-refractivity contribution in [1.29, 1.82) is 0 Å². The molecule has 0 aromatic heterocycles. The van der Waals surface area contributed by atoms with Gasteiger partial charge in [0, 0.05) is 52.4 Å². The van der Waals surface area contributed by atoms with Crippen LogP contribution in [0.15, 0.2) is 23.2 Å². The molecule has 2 aliphatic heterocycles. The van der Waals surface area contributed by atoms with Crippen molar-refractivity contribution < 1.29 is 9.47 Å². The van der Waals surface area contributed by atoms with Crippen LogP contribution in [0.3, 0.4) is 0 Å². The normalized spacial score (nSPS) is 19.7. The summed E-state index contributed by atoms with van der Waals surface area (Å²) >= 11 is 0. The molecule has 25 heavy (non-hydrogen) atoms. The fourth-order valence-corrected chi connectivity index (χ4v) is 3.09. The molecule has 7 heteroatoms. The van der Waals surface area contributed by atoms with Crippen LogP contribution in [0, 0.1) is 0 Å². The Kier molecular flexibility index (Phi) is 5.99. The molecular weight excluding hydrogens is 318 g/mol. The van der Waals surface area contributed by atoms with Crippen molar-refractivity contribution in [3.8, 4) is 11.5 Å². The van der Waals surface area contributed by atoms with E-state index < -0.39 is 0 Å². The number of rotatable bonds is 5. The van der Waals surface area contributed by atoms with Gasteiger partial charge >= 0.3 is 0 Å². The highest BCUT2D eigenvalue weighted by Crippen LogP contribution is 2.32. The van der Waals surface area contributed by atoms with Crippen LogP contribution in [0.25, 0.3) is 0 Å². The first-order valence-corrected chi connectivity index (χ1v) is 8.91. The lowest BCUT2D eigenvalue weighted by Gasteiger charge is -2.36. The summed E-state index contributed by atoms with van der Waals surface area (Å²) in [5, 5.41) is 6.79. The zero-order valence-corrected chi connectivity index (χ0v) is 15.4. The standard InChI is InChI=1S/C18H29N5O2/c1-14(23-8-6-22(3)7-9-23)11-20-18(19-2)21-12-15-4-5-16-17(10-15)25-13-24-16/h4-5,10,14H,6-9,11-13H2,1-3H3,(H2,19,20,21). The Morgan fingerprint density at radius 2 is 1.92 bits per heavy atom.